The second-order valence-corrected chi connectivity index (χ2v) is 5.56. The summed E-state index contributed by atoms with van der Waals surface area (Å²) in [6.45, 7) is 0.185. The largest absolute Gasteiger partial charge is 0.389 e. The Morgan fingerprint density at radius 2 is 1.79 bits per heavy atom. The zero-order valence-corrected chi connectivity index (χ0v) is 9.48. The molecule has 1 aliphatic rings. The Morgan fingerprint density at radius 1 is 1.36 bits per heavy atom. The fraction of sp³-hybridized carbons (Fsp3) is 1.00. The number of halogens is 1. The summed E-state index contributed by atoms with van der Waals surface area (Å²) in [5.74, 6) is 0. The highest BCUT2D eigenvalue weighted by molar-refractivity contribution is 7.89. The van der Waals surface area contributed by atoms with Crippen LogP contribution < -0.4 is 10.9 Å². The van der Waals surface area contributed by atoms with Crippen molar-refractivity contribution >= 4 is 22.4 Å². The van der Waals surface area contributed by atoms with Gasteiger partial charge in [-0.2, -0.15) is 0 Å². The first-order chi connectivity index (χ1) is 5.87. The van der Waals surface area contributed by atoms with Gasteiger partial charge in [0, 0.05) is 6.54 Å². The van der Waals surface area contributed by atoms with Crippen LogP contribution in [0.15, 0.2) is 0 Å². The number of sulfonamides is 1. The second-order valence-electron chi connectivity index (χ2n) is 3.72. The maximum absolute atomic E-state index is 11.0. The summed E-state index contributed by atoms with van der Waals surface area (Å²) in [5, 5.41) is 14.2. The topological polar surface area (TPSA) is 106 Å². The molecule has 0 bridgehead atoms. The van der Waals surface area contributed by atoms with Crippen molar-refractivity contribution in [1.29, 1.82) is 0 Å². The first-order valence-electron chi connectivity index (χ1n) is 4.31. The molecule has 0 saturated heterocycles. The van der Waals surface area contributed by atoms with E-state index in [0.29, 0.717) is 25.7 Å². The van der Waals surface area contributed by atoms with Crippen molar-refractivity contribution in [2.75, 3.05) is 6.54 Å². The van der Waals surface area contributed by atoms with Crippen molar-refractivity contribution in [2.24, 2.45) is 10.9 Å². The standard InChI is InChI=1S/C7H16N2O3S.ClH/c8-5-7(10)3-1-6(2-4-7)13(9,11)12;/h6,10H,1-5,8H2,(H2,9,11,12);1H/t6-,7+;. The van der Waals surface area contributed by atoms with Gasteiger partial charge in [0.2, 0.25) is 10.0 Å². The van der Waals surface area contributed by atoms with E-state index >= 15 is 0 Å². The third-order valence-electron chi connectivity index (χ3n) is 2.71. The number of primary sulfonamides is 1. The summed E-state index contributed by atoms with van der Waals surface area (Å²) in [6.07, 6.45) is 1.66. The Bertz CT molecular complexity index is 273. The quantitative estimate of drug-likeness (QED) is 0.599. The van der Waals surface area contributed by atoms with E-state index in [9.17, 15) is 13.5 Å². The van der Waals surface area contributed by atoms with E-state index < -0.39 is 20.9 Å². The van der Waals surface area contributed by atoms with Crippen molar-refractivity contribution in [3.05, 3.63) is 0 Å². The Morgan fingerprint density at radius 3 is 2.07 bits per heavy atom. The highest BCUT2D eigenvalue weighted by atomic mass is 35.5. The van der Waals surface area contributed by atoms with Crippen LogP contribution in [0.2, 0.25) is 0 Å². The first kappa shape index (κ1) is 14.1. The lowest BCUT2D eigenvalue weighted by molar-refractivity contribution is 0.0136. The maximum atomic E-state index is 11.0. The molecule has 7 heteroatoms. The van der Waals surface area contributed by atoms with Gasteiger partial charge in [0.05, 0.1) is 10.9 Å². The van der Waals surface area contributed by atoms with Crippen LogP contribution in [0.3, 0.4) is 0 Å². The highest BCUT2D eigenvalue weighted by Crippen LogP contribution is 2.29. The molecule has 5 N–H and O–H groups in total. The van der Waals surface area contributed by atoms with Crippen LogP contribution in [0.5, 0.6) is 0 Å². The van der Waals surface area contributed by atoms with E-state index in [0.717, 1.165) is 0 Å². The minimum Gasteiger partial charge on any atom is -0.389 e. The number of hydrogen-bond acceptors (Lipinski definition) is 4. The van der Waals surface area contributed by atoms with Gasteiger partial charge in [0.1, 0.15) is 0 Å². The number of hydrogen-bond donors (Lipinski definition) is 3. The van der Waals surface area contributed by atoms with Gasteiger partial charge >= 0.3 is 0 Å². The summed E-state index contributed by atoms with van der Waals surface area (Å²) in [7, 11) is -3.44. The van der Waals surface area contributed by atoms with Crippen LogP contribution in [0.1, 0.15) is 25.7 Å². The molecule has 0 amide bonds. The van der Waals surface area contributed by atoms with Gasteiger partial charge in [-0.15, -0.1) is 12.4 Å². The van der Waals surface area contributed by atoms with Crippen LogP contribution in [0, 0.1) is 0 Å². The molecule has 0 radical (unpaired) electrons. The molecule has 1 aliphatic carbocycles. The summed E-state index contributed by atoms with van der Waals surface area (Å²) < 4.78 is 21.9. The van der Waals surface area contributed by atoms with Gasteiger partial charge in [0.15, 0.2) is 0 Å². The lowest BCUT2D eigenvalue weighted by Gasteiger charge is -2.33. The molecule has 0 aromatic heterocycles. The lowest BCUT2D eigenvalue weighted by Crippen LogP contribution is -2.45. The van der Waals surface area contributed by atoms with Crippen molar-refractivity contribution in [3.8, 4) is 0 Å². The first-order valence-corrected chi connectivity index (χ1v) is 5.92. The van der Waals surface area contributed by atoms with Crippen molar-refractivity contribution in [3.63, 3.8) is 0 Å². The molecule has 5 nitrogen and oxygen atoms in total. The van der Waals surface area contributed by atoms with Gasteiger partial charge in [-0.25, -0.2) is 13.6 Å². The molecule has 0 aromatic rings. The molecule has 1 fully saturated rings. The molecule has 1 rings (SSSR count). The van der Waals surface area contributed by atoms with E-state index in [1.165, 1.54) is 0 Å². The fourth-order valence-electron chi connectivity index (χ4n) is 1.66. The number of nitrogens with two attached hydrogens (primary N) is 2. The van der Waals surface area contributed by atoms with Crippen molar-refractivity contribution in [2.45, 2.75) is 36.5 Å². The molecule has 0 unspecified atom stereocenters. The normalized spacial score (nSPS) is 33.5. The third-order valence-corrected chi connectivity index (χ3v) is 4.11. The lowest BCUT2D eigenvalue weighted by atomic mass is 9.85. The number of rotatable bonds is 2. The molecular weight excluding hydrogens is 228 g/mol. The van der Waals surface area contributed by atoms with Crippen LogP contribution in [-0.4, -0.2) is 30.9 Å². The summed E-state index contributed by atoms with van der Waals surface area (Å²) in [6, 6.07) is 0. The van der Waals surface area contributed by atoms with Crippen molar-refractivity contribution < 1.29 is 13.5 Å². The molecular formula is C7H17ClN2O3S. The van der Waals surface area contributed by atoms with Crippen LogP contribution in [0.4, 0.5) is 0 Å². The number of aliphatic hydroxyl groups is 1. The fourth-order valence-corrected chi connectivity index (χ4v) is 2.55. The molecule has 14 heavy (non-hydrogen) atoms. The van der Waals surface area contributed by atoms with Crippen molar-refractivity contribution in [1.82, 2.24) is 0 Å². The van der Waals surface area contributed by atoms with E-state index in [1.54, 1.807) is 0 Å². The van der Waals surface area contributed by atoms with Gasteiger partial charge in [0.25, 0.3) is 0 Å². The molecule has 0 atom stereocenters. The Labute approximate surface area is 90.3 Å². The zero-order chi connectivity index (χ0) is 10.1. The Hall–Kier alpha value is 0.120. The van der Waals surface area contributed by atoms with Crippen LogP contribution in [-0.2, 0) is 10.0 Å². The predicted octanol–water partition coefficient (Wildman–Crippen LogP) is -0.671. The van der Waals surface area contributed by atoms with Gasteiger partial charge in [-0.3, -0.25) is 0 Å². The minimum absolute atomic E-state index is 0. The second kappa shape index (κ2) is 4.76. The summed E-state index contributed by atoms with van der Waals surface area (Å²) in [5.41, 5.74) is 4.49. The molecule has 0 aromatic carbocycles. The smallest absolute Gasteiger partial charge is 0.211 e. The average molecular weight is 245 g/mol. The highest BCUT2D eigenvalue weighted by Gasteiger charge is 2.35. The molecule has 0 heterocycles. The van der Waals surface area contributed by atoms with Crippen LogP contribution >= 0.6 is 12.4 Å². The van der Waals surface area contributed by atoms with E-state index in [2.05, 4.69) is 0 Å². The molecule has 86 valence electrons. The van der Waals surface area contributed by atoms with Gasteiger partial charge in [-0.1, -0.05) is 0 Å². The van der Waals surface area contributed by atoms with Gasteiger partial charge < -0.3 is 10.8 Å². The van der Waals surface area contributed by atoms with E-state index in [1.807, 2.05) is 0 Å². The Kier molecular flexibility index (Phi) is 4.80. The van der Waals surface area contributed by atoms with Crippen LogP contribution in [0.25, 0.3) is 0 Å². The average Bonchev–Trinajstić information content (AvgIpc) is 2.04. The monoisotopic (exact) mass is 244 g/mol. The van der Waals surface area contributed by atoms with Gasteiger partial charge in [-0.05, 0) is 25.7 Å². The third kappa shape index (κ3) is 3.36. The zero-order valence-electron chi connectivity index (χ0n) is 7.85. The summed E-state index contributed by atoms with van der Waals surface area (Å²) >= 11 is 0. The molecule has 0 spiro atoms. The maximum Gasteiger partial charge on any atom is 0.211 e. The summed E-state index contributed by atoms with van der Waals surface area (Å²) in [4.78, 5) is 0. The molecule has 0 aliphatic heterocycles. The minimum atomic E-state index is -3.44. The molecule has 1 saturated carbocycles. The van der Waals surface area contributed by atoms with E-state index in [4.69, 9.17) is 10.9 Å². The SMILES string of the molecule is Cl.NC[C@]1(O)CC[C@@H](S(N)(=O)=O)CC1. The predicted molar refractivity (Wildman–Crippen MR) is 56.6 cm³/mol. The van der Waals surface area contributed by atoms with E-state index in [-0.39, 0.29) is 19.0 Å². The Balaban J connectivity index is 0.00000169.